The van der Waals surface area contributed by atoms with Gasteiger partial charge in [0.15, 0.2) is 0 Å². The maximum atomic E-state index is 10.3. The van der Waals surface area contributed by atoms with E-state index in [1.54, 1.807) is 0 Å². The molecule has 1 spiro atoms. The van der Waals surface area contributed by atoms with Crippen LogP contribution in [0.25, 0.3) is 5.57 Å². The predicted molar refractivity (Wildman–Crippen MR) is 101 cm³/mol. The minimum Gasteiger partial charge on any atom is -0.393 e. The molecule has 2 saturated carbocycles. The van der Waals surface area contributed by atoms with E-state index in [4.69, 9.17) is 12.6 Å². The van der Waals surface area contributed by atoms with E-state index in [9.17, 15) is 5.11 Å². The van der Waals surface area contributed by atoms with Gasteiger partial charge in [-0.2, -0.15) is 0 Å². The lowest BCUT2D eigenvalue weighted by molar-refractivity contribution is 0.154. The van der Waals surface area contributed by atoms with Crippen LogP contribution in [0.4, 0.5) is 0 Å². The largest absolute Gasteiger partial charge is 0.393 e. The van der Waals surface area contributed by atoms with Crippen LogP contribution in [-0.4, -0.2) is 14.4 Å². The molecule has 1 aromatic carbocycles. The van der Waals surface area contributed by atoms with Crippen molar-refractivity contribution in [3.63, 3.8) is 0 Å². The van der Waals surface area contributed by atoms with Gasteiger partial charge in [0.2, 0.25) is 0 Å². The number of fused-ring (bicyclic) bond motifs is 2. The van der Waals surface area contributed by atoms with Crippen molar-refractivity contribution in [2.24, 2.45) is 16.7 Å². The van der Waals surface area contributed by atoms with E-state index < -0.39 is 0 Å². The first-order valence-electron chi connectivity index (χ1n) is 7.84. The smallest absolute Gasteiger partial charge is 0.0915 e. The van der Waals surface area contributed by atoms with Crippen LogP contribution in [0, 0.1) is 16.7 Å². The topological polar surface area (TPSA) is 20.2 Å². The van der Waals surface area contributed by atoms with Crippen molar-refractivity contribution in [1.82, 2.24) is 0 Å². The number of aliphatic hydroxyl groups excluding tert-OH is 1. The van der Waals surface area contributed by atoms with Gasteiger partial charge in [0.05, 0.1) is 9.34 Å². The van der Waals surface area contributed by atoms with Gasteiger partial charge in [-0.05, 0) is 53.1 Å². The maximum absolute atomic E-state index is 10.3. The standard InChI is InChI=1S/C18H20Br2OS/c1-16-8-12(21)7-14(16)17(10-18(17,19)20)15(13(22)9-16)11-5-3-2-4-6-11/h2-6,12,14,21-22H,7-10H2,1H3/t12-,14-,16+,17?/m1/s1. The molecule has 4 heteroatoms. The van der Waals surface area contributed by atoms with E-state index in [1.807, 2.05) is 0 Å². The Balaban J connectivity index is 1.91. The van der Waals surface area contributed by atoms with Crippen molar-refractivity contribution in [3.05, 3.63) is 40.8 Å². The zero-order valence-electron chi connectivity index (χ0n) is 12.5. The maximum Gasteiger partial charge on any atom is 0.0915 e. The Hall–Kier alpha value is 0.230. The first-order chi connectivity index (χ1) is 10.3. The van der Waals surface area contributed by atoms with Crippen LogP contribution in [0.3, 0.4) is 0 Å². The zero-order valence-corrected chi connectivity index (χ0v) is 16.6. The summed E-state index contributed by atoms with van der Waals surface area (Å²) < 4.78 is -0.0669. The summed E-state index contributed by atoms with van der Waals surface area (Å²) in [6.45, 7) is 2.34. The molecule has 22 heavy (non-hydrogen) atoms. The average molecular weight is 444 g/mol. The van der Waals surface area contributed by atoms with E-state index in [1.165, 1.54) is 16.0 Å². The second-order valence-corrected chi connectivity index (χ2v) is 11.8. The summed E-state index contributed by atoms with van der Waals surface area (Å²) >= 11 is 12.8. The van der Waals surface area contributed by atoms with Crippen LogP contribution in [0.1, 0.15) is 38.2 Å². The Kier molecular flexibility index (Phi) is 3.49. The fourth-order valence-electron chi connectivity index (χ4n) is 5.20. The molecule has 0 amide bonds. The molecule has 0 saturated heterocycles. The molecule has 118 valence electrons. The summed E-state index contributed by atoms with van der Waals surface area (Å²) in [5.41, 5.74) is 2.84. The van der Waals surface area contributed by atoms with E-state index in [2.05, 4.69) is 69.1 Å². The van der Waals surface area contributed by atoms with Gasteiger partial charge >= 0.3 is 0 Å². The van der Waals surface area contributed by atoms with Gasteiger partial charge in [0, 0.05) is 5.41 Å². The van der Waals surface area contributed by atoms with Gasteiger partial charge in [-0.1, -0.05) is 69.1 Å². The lowest BCUT2D eigenvalue weighted by atomic mass is 9.61. The highest BCUT2D eigenvalue weighted by molar-refractivity contribution is 9.25. The van der Waals surface area contributed by atoms with Crippen LogP contribution >= 0.6 is 44.5 Å². The summed E-state index contributed by atoms with van der Waals surface area (Å²) in [4.78, 5) is 1.19. The number of thiol groups is 1. The van der Waals surface area contributed by atoms with Crippen LogP contribution in [0.5, 0.6) is 0 Å². The van der Waals surface area contributed by atoms with Crippen molar-refractivity contribution < 1.29 is 5.11 Å². The molecule has 0 bridgehead atoms. The first kappa shape index (κ1) is 15.7. The highest BCUT2D eigenvalue weighted by Gasteiger charge is 2.75. The minimum atomic E-state index is -0.181. The summed E-state index contributed by atoms with van der Waals surface area (Å²) in [7, 11) is 0. The number of alkyl halides is 2. The van der Waals surface area contributed by atoms with Crippen molar-refractivity contribution in [1.29, 1.82) is 0 Å². The van der Waals surface area contributed by atoms with Gasteiger partial charge < -0.3 is 5.11 Å². The zero-order chi connectivity index (χ0) is 15.8. The number of rotatable bonds is 1. The van der Waals surface area contributed by atoms with Crippen molar-refractivity contribution in [3.8, 4) is 0 Å². The average Bonchev–Trinajstić information content (AvgIpc) is 2.82. The first-order valence-corrected chi connectivity index (χ1v) is 9.87. The molecular weight excluding hydrogens is 424 g/mol. The molecule has 0 radical (unpaired) electrons. The van der Waals surface area contributed by atoms with Gasteiger partial charge in [0.25, 0.3) is 0 Å². The quantitative estimate of drug-likeness (QED) is 0.440. The van der Waals surface area contributed by atoms with Crippen LogP contribution < -0.4 is 0 Å². The number of hydrogen-bond acceptors (Lipinski definition) is 2. The van der Waals surface area contributed by atoms with E-state index in [0.29, 0.717) is 5.92 Å². The highest BCUT2D eigenvalue weighted by atomic mass is 79.9. The van der Waals surface area contributed by atoms with Gasteiger partial charge in [0.1, 0.15) is 0 Å². The molecule has 1 aromatic rings. The lowest BCUT2D eigenvalue weighted by Crippen LogP contribution is -2.37. The Bertz CT molecular complexity index is 656. The summed E-state index contributed by atoms with van der Waals surface area (Å²) in [5, 5.41) is 10.3. The summed E-state index contributed by atoms with van der Waals surface area (Å²) in [6.07, 6.45) is 3.63. The van der Waals surface area contributed by atoms with Gasteiger partial charge in [-0.3, -0.25) is 0 Å². The Morgan fingerprint density at radius 3 is 2.45 bits per heavy atom. The molecular formula is C18H20Br2OS. The Morgan fingerprint density at radius 1 is 1.23 bits per heavy atom. The predicted octanol–water partition coefficient (Wildman–Crippen LogP) is 5.38. The molecule has 1 unspecified atom stereocenters. The number of halogens is 2. The molecule has 1 N–H and O–H groups in total. The third-order valence-electron chi connectivity index (χ3n) is 6.04. The SMILES string of the molecule is C[C@]12CC(S)=C(c3ccccc3)C3(CC3(Br)Br)[C@@H]1C[C@@H](O)C2. The third kappa shape index (κ3) is 2.00. The molecule has 4 atom stereocenters. The Morgan fingerprint density at radius 2 is 1.86 bits per heavy atom. The van der Waals surface area contributed by atoms with Gasteiger partial charge in [-0.25, -0.2) is 0 Å². The van der Waals surface area contributed by atoms with Crippen molar-refractivity contribution in [2.45, 2.75) is 41.9 Å². The molecule has 0 aliphatic heterocycles. The van der Waals surface area contributed by atoms with Crippen molar-refractivity contribution in [2.75, 3.05) is 0 Å². The molecule has 3 aliphatic carbocycles. The molecule has 1 nitrogen and oxygen atoms in total. The number of benzene rings is 1. The summed E-state index contributed by atoms with van der Waals surface area (Å²) in [6, 6.07) is 10.6. The lowest BCUT2D eigenvalue weighted by Gasteiger charge is -2.45. The van der Waals surface area contributed by atoms with Gasteiger partial charge in [-0.15, -0.1) is 12.6 Å². The molecule has 0 heterocycles. The van der Waals surface area contributed by atoms with E-state index in [0.717, 1.165) is 25.7 Å². The van der Waals surface area contributed by atoms with Crippen LogP contribution in [0.2, 0.25) is 0 Å². The second kappa shape index (κ2) is 4.87. The number of aliphatic hydroxyl groups is 1. The highest BCUT2D eigenvalue weighted by Crippen LogP contribution is 2.82. The summed E-state index contributed by atoms with van der Waals surface area (Å²) in [5.74, 6) is 0.486. The molecule has 3 aliphatic rings. The fraction of sp³-hybridized carbons (Fsp3) is 0.556. The van der Waals surface area contributed by atoms with E-state index >= 15 is 0 Å². The normalized spacial score (nSPS) is 42.6. The van der Waals surface area contributed by atoms with Crippen LogP contribution in [-0.2, 0) is 0 Å². The molecule has 2 fully saturated rings. The van der Waals surface area contributed by atoms with Crippen LogP contribution in [0.15, 0.2) is 35.2 Å². The number of allylic oxidation sites excluding steroid dienone is 2. The second-order valence-electron chi connectivity index (χ2n) is 7.52. The monoisotopic (exact) mass is 442 g/mol. The fourth-order valence-corrected chi connectivity index (χ4v) is 7.72. The molecule has 4 rings (SSSR count). The minimum absolute atomic E-state index is 0.0376. The van der Waals surface area contributed by atoms with E-state index in [-0.39, 0.29) is 20.2 Å². The Labute approximate surface area is 154 Å². The third-order valence-corrected chi connectivity index (χ3v) is 8.40. The number of hydrogen-bond donors (Lipinski definition) is 2. The van der Waals surface area contributed by atoms with Crippen molar-refractivity contribution >= 4 is 50.1 Å². The molecule has 0 aromatic heterocycles.